The van der Waals surface area contributed by atoms with Gasteiger partial charge >= 0.3 is 6.61 Å². The van der Waals surface area contributed by atoms with Gasteiger partial charge in [0.05, 0.1) is 5.75 Å². The van der Waals surface area contributed by atoms with E-state index in [1.165, 1.54) is 24.3 Å². The summed E-state index contributed by atoms with van der Waals surface area (Å²) >= 11 is 0. The summed E-state index contributed by atoms with van der Waals surface area (Å²) < 4.78 is 55.8. The van der Waals surface area contributed by atoms with E-state index in [1.807, 2.05) is 0 Å². The molecule has 2 aromatic carbocycles. The normalized spacial score (nSPS) is 11.6. The molecule has 2 rings (SSSR count). The first-order valence-electron chi connectivity index (χ1n) is 8.56. The van der Waals surface area contributed by atoms with Crippen molar-refractivity contribution in [3.8, 4) is 5.75 Å². The molecule has 152 valence electrons. The lowest BCUT2D eigenvalue weighted by Gasteiger charge is -2.13. The van der Waals surface area contributed by atoms with Gasteiger partial charge in [-0.3, -0.25) is 4.79 Å². The molecule has 0 unspecified atom stereocenters. The van der Waals surface area contributed by atoms with Crippen LogP contribution in [0.1, 0.15) is 35.3 Å². The van der Waals surface area contributed by atoms with Gasteiger partial charge in [-0.25, -0.2) is 13.1 Å². The Morgan fingerprint density at radius 3 is 2.39 bits per heavy atom. The molecule has 2 N–H and O–H groups in total. The van der Waals surface area contributed by atoms with E-state index in [-0.39, 0.29) is 29.7 Å². The molecule has 6 nitrogen and oxygen atoms in total. The van der Waals surface area contributed by atoms with Crippen LogP contribution < -0.4 is 14.8 Å². The van der Waals surface area contributed by atoms with Crippen LogP contribution in [0.2, 0.25) is 0 Å². The lowest BCUT2D eigenvalue weighted by molar-refractivity contribution is -0.0498. The molecule has 0 spiro atoms. The van der Waals surface area contributed by atoms with Crippen LogP contribution >= 0.6 is 0 Å². The summed E-state index contributed by atoms with van der Waals surface area (Å²) in [5, 5.41) is 2.67. The molecule has 0 aliphatic heterocycles. The Morgan fingerprint density at radius 2 is 1.75 bits per heavy atom. The minimum atomic E-state index is -3.51. The van der Waals surface area contributed by atoms with Crippen LogP contribution in [0, 0.1) is 0 Å². The van der Waals surface area contributed by atoms with Crippen molar-refractivity contribution in [2.24, 2.45) is 0 Å². The van der Waals surface area contributed by atoms with Gasteiger partial charge in [0.25, 0.3) is 5.91 Å². The van der Waals surface area contributed by atoms with Gasteiger partial charge in [-0.1, -0.05) is 30.3 Å². The number of amides is 1. The second-order valence-corrected chi connectivity index (χ2v) is 8.14. The topological polar surface area (TPSA) is 84.5 Å². The molecule has 0 bridgehead atoms. The molecule has 0 saturated heterocycles. The minimum absolute atomic E-state index is 0.0894. The van der Waals surface area contributed by atoms with Gasteiger partial charge in [0.2, 0.25) is 10.0 Å². The predicted molar refractivity (Wildman–Crippen MR) is 102 cm³/mol. The van der Waals surface area contributed by atoms with E-state index in [2.05, 4.69) is 14.8 Å². The van der Waals surface area contributed by atoms with Gasteiger partial charge in [0.15, 0.2) is 0 Å². The van der Waals surface area contributed by atoms with Gasteiger partial charge in [-0.2, -0.15) is 8.78 Å². The number of alkyl halides is 2. The zero-order valence-electron chi connectivity index (χ0n) is 15.5. The van der Waals surface area contributed by atoms with E-state index in [0.717, 1.165) is 0 Å². The monoisotopic (exact) mass is 412 g/mol. The molecular weight excluding hydrogens is 390 g/mol. The van der Waals surface area contributed by atoms with Crippen LogP contribution in [-0.4, -0.2) is 27.0 Å². The number of carbonyl (C=O) groups excluding carboxylic acids is 1. The van der Waals surface area contributed by atoms with Crippen molar-refractivity contribution in [2.45, 2.75) is 38.8 Å². The fourth-order valence-corrected chi connectivity index (χ4v) is 4.06. The van der Waals surface area contributed by atoms with E-state index in [4.69, 9.17) is 0 Å². The van der Waals surface area contributed by atoms with E-state index < -0.39 is 22.5 Å². The van der Waals surface area contributed by atoms with E-state index in [9.17, 15) is 22.0 Å². The Labute approximate surface area is 163 Å². The number of halogens is 2. The van der Waals surface area contributed by atoms with Gasteiger partial charge in [0, 0.05) is 18.2 Å². The van der Waals surface area contributed by atoms with Gasteiger partial charge in [0.1, 0.15) is 5.75 Å². The highest BCUT2D eigenvalue weighted by molar-refractivity contribution is 7.88. The number of ether oxygens (including phenoxy) is 1. The molecule has 1 amide bonds. The third-order valence-electron chi connectivity index (χ3n) is 3.64. The molecule has 0 saturated carbocycles. The number of sulfonamides is 1. The van der Waals surface area contributed by atoms with E-state index in [0.29, 0.717) is 11.1 Å². The highest BCUT2D eigenvalue weighted by atomic mass is 32.2. The third-order valence-corrected chi connectivity index (χ3v) is 5.16. The Hall–Kier alpha value is -2.52. The zero-order valence-corrected chi connectivity index (χ0v) is 16.3. The van der Waals surface area contributed by atoms with Gasteiger partial charge in [-0.15, -0.1) is 0 Å². The first-order valence-corrected chi connectivity index (χ1v) is 10.2. The Morgan fingerprint density at radius 1 is 1.07 bits per heavy atom. The summed E-state index contributed by atoms with van der Waals surface area (Å²) in [6, 6.07) is 12.1. The third kappa shape index (κ3) is 6.90. The van der Waals surface area contributed by atoms with Crippen LogP contribution in [0.4, 0.5) is 8.78 Å². The van der Waals surface area contributed by atoms with Crippen LogP contribution in [0.5, 0.6) is 5.75 Å². The minimum Gasteiger partial charge on any atom is -0.435 e. The molecule has 0 fully saturated rings. The fraction of sp³-hybridized carbons (Fsp3) is 0.316. The molecule has 28 heavy (non-hydrogen) atoms. The maximum absolute atomic E-state index is 12.3. The standard InChI is InChI=1S/C19H22F2N2O4S/c1-13(2)23-28(25,26)12-16-7-4-3-6-15(16)11-22-18(24)14-8-5-9-17(10-14)27-19(20)21/h3-10,13,19,23H,11-12H2,1-2H3,(H,22,24). The fourth-order valence-electron chi connectivity index (χ4n) is 2.57. The number of carbonyl (C=O) groups is 1. The largest absolute Gasteiger partial charge is 0.435 e. The average Bonchev–Trinajstić information content (AvgIpc) is 2.59. The van der Waals surface area contributed by atoms with Crippen molar-refractivity contribution < 1.29 is 26.7 Å². The number of hydrogen-bond donors (Lipinski definition) is 2. The van der Waals surface area contributed by atoms with Crippen molar-refractivity contribution in [3.05, 3.63) is 65.2 Å². The lowest BCUT2D eigenvalue weighted by atomic mass is 10.1. The average molecular weight is 412 g/mol. The van der Waals surface area contributed by atoms with E-state index in [1.54, 1.807) is 38.1 Å². The smallest absolute Gasteiger partial charge is 0.387 e. The number of nitrogens with one attached hydrogen (secondary N) is 2. The van der Waals surface area contributed by atoms with Crippen LogP contribution in [-0.2, 0) is 22.3 Å². The maximum Gasteiger partial charge on any atom is 0.387 e. The molecule has 0 radical (unpaired) electrons. The van der Waals surface area contributed by atoms with Crippen LogP contribution in [0.15, 0.2) is 48.5 Å². The van der Waals surface area contributed by atoms with Crippen molar-refractivity contribution in [1.82, 2.24) is 10.0 Å². The summed E-state index contributed by atoms with van der Waals surface area (Å²) in [7, 11) is -3.51. The Kier molecular flexibility index (Phi) is 7.47. The highest BCUT2D eigenvalue weighted by Gasteiger charge is 2.16. The summed E-state index contributed by atoms with van der Waals surface area (Å²) in [6.45, 7) is 0.573. The van der Waals surface area contributed by atoms with Crippen molar-refractivity contribution in [2.75, 3.05) is 0 Å². The molecule has 0 atom stereocenters. The summed E-state index contributed by atoms with van der Waals surface area (Å²) in [5.74, 6) is -0.818. The number of rotatable bonds is 9. The molecule has 0 aliphatic carbocycles. The summed E-state index contributed by atoms with van der Waals surface area (Å²) in [6.07, 6.45) is 0. The van der Waals surface area contributed by atoms with Crippen molar-refractivity contribution in [1.29, 1.82) is 0 Å². The van der Waals surface area contributed by atoms with Crippen LogP contribution in [0.25, 0.3) is 0 Å². The molecule has 0 aromatic heterocycles. The maximum atomic E-state index is 12.3. The second-order valence-electron chi connectivity index (χ2n) is 6.39. The second kappa shape index (κ2) is 9.61. The quantitative estimate of drug-likeness (QED) is 0.663. The Bertz CT molecular complexity index is 918. The lowest BCUT2D eigenvalue weighted by Crippen LogP contribution is -2.32. The first kappa shape index (κ1) is 21.8. The summed E-state index contributed by atoms with van der Waals surface area (Å²) in [5.41, 5.74) is 1.36. The SMILES string of the molecule is CC(C)NS(=O)(=O)Cc1ccccc1CNC(=O)c1cccc(OC(F)F)c1. The molecule has 0 heterocycles. The van der Waals surface area contributed by atoms with Crippen molar-refractivity contribution >= 4 is 15.9 Å². The zero-order chi connectivity index (χ0) is 20.7. The Balaban J connectivity index is 2.08. The van der Waals surface area contributed by atoms with E-state index >= 15 is 0 Å². The number of benzene rings is 2. The predicted octanol–water partition coefficient (Wildman–Crippen LogP) is 3.05. The first-order chi connectivity index (χ1) is 13.2. The van der Waals surface area contributed by atoms with Gasteiger partial charge < -0.3 is 10.1 Å². The molecule has 9 heteroatoms. The van der Waals surface area contributed by atoms with Crippen molar-refractivity contribution in [3.63, 3.8) is 0 Å². The molecule has 2 aromatic rings. The molecule has 0 aliphatic rings. The van der Waals surface area contributed by atoms with Gasteiger partial charge in [-0.05, 0) is 43.2 Å². The molecular formula is C19H22F2N2O4S. The highest BCUT2D eigenvalue weighted by Crippen LogP contribution is 2.17. The number of hydrogen-bond acceptors (Lipinski definition) is 4. The summed E-state index contributed by atoms with van der Waals surface area (Å²) in [4.78, 5) is 12.3. The van der Waals surface area contributed by atoms with Crippen LogP contribution in [0.3, 0.4) is 0 Å².